The number of rotatable bonds is 4. The Kier molecular flexibility index (Phi) is 2.62. The second-order valence-electron chi connectivity index (χ2n) is 6.86. The zero-order chi connectivity index (χ0) is 16.2. The average molecular weight is 320 g/mol. The lowest BCUT2D eigenvalue weighted by molar-refractivity contribution is -0.0664. The molecule has 3 saturated carbocycles. The minimum atomic E-state index is 0.0343. The fraction of sp³-hybridized carbons (Fsp3) is 0.294. The molecule has 0 unspecified atom stereocenters. The van der Waals surface area contributed by atoms with Gasteiger partial charge in [0.05, 0.1) is 11.9 Å². The summed E-state index contributed by atoms with van der Waals surface area (Å²) in [6.45, 7) is 0. The van der Waals surface area contributed by atoms with Crippen LogP contribution in [0.3, 0.4) is 0 Å². The summed E-state index contributed by atoms with van der Waals surface area (Å²) in [6, 6.07) is 9.76. The van der Waals surface area contributed by atoms with Gasteiger partial charge in [-0.3, -0.25) is 0 Å². The maximum Gasteiger partial charge on any atom is 0.250 e. The van der Waals surface area contributed by atoms with Crippen LogP contribution in [-0.2, 0) is 5.41 Å². The first-order valence-electron chi connectivity index (χ1n) is 7.93. The van der Waals surface area contributed by atoms with E-state index in [2.05, 4.69) is 20.3 Å². The van der Waals surface area contributed by atoms with E-state index in [4.69, 9.17) is 10.3 Å². The molecule has 2 heterocycles. The van der Waals surface area contributed by atoms with Crippen molar-refractivity contribution in [3.63, 3.8) is 0 Å². The first-order valence-corrected chi connectivity index (χ1v) is 7.93. The fourth-order valence-electron chi connectivity index (χ4n) is 3.82. The highest BCUT2D eigenvalue weighted by molar-refractivity contribution is 5.63. The van der Waals surface area contributed by atoms with Crippen molar-refractivity contribution in [3.05, 3.63) is 53.9 Å². The number of hydrogen-bond donors (Lipinski definition) is 1. The number of para-hydroxylation sites is 1. The normalized spacial score (nSPS) is 27.9. The summed E-state index contributed by atoms with van der Waals surface area (Å²) in [4.78, 5) is 6.06. The van der Waals surface area contributed by atoms with Crippen LogP contribution < -0.4 is 5.73 Å². The Morgan fingerprint density at radius 2 is 1.92 bits per heavy atom. The van der Waals surface area contributed by atoms with Crippen molar-refractivity contribution in [2.24, 2.45) is 5.73 Å². The molecule has 2 aromatic heterocycles. The zero-order valence-electron chi connectivity index (χ0n) is 13.0. The third-order valence-electron chi connectivity index (χ3n) is 4.88. The Balaban J connectivity index is 1.32. The van der Waals surface area contributed by atoms with E-state index in [1.54, 1.807) is 17.1 Å². The Morgan fingerprint density at radius 1 is 1.12 bits per heavy atom. The molecule has 3 aromatic rings. The molecule has 0 spiro atoms. The molecule has 3 fully saturated rings. The zero-order valence-corrected chi connectivity index (χ0v) is 13.0. The second kappa shape index (κ2) is 4.61. The molecule has 0 atom stereocenters. The van der Waals surface area contributed by atoms with E-state index >= 15 is 0 Å². The maximum atomic E-state index is 6.08. The van der Waals surface area contributed by atoms with Gasteiger partial charge in [-0.15, -0.1) is 5.10 Å². The van der Waals surface area contributed by atoms with Gasteiger partial charge in [0.15, 0.2) is 5.82 Å². The van der Waals surface area contributed by atoms with Gasteiger partial charge in [-0.25, -0.2) is 0 Å². The number of benzene rings is 1. The van der Waals surface area contributed by atoms with E-state index in [0.717, 1.165) is 36.5 Å². The first kappa shape index (κ1) is 13.6. The van der Waals surface area contributed by atoms with Gasteiger partial charge in [0.25, 0.3) is 5.89 Å². The van der Waals surface area contributed by atoms with Crippen LogP contribution in [0, 0.1) is 0 Å². The van der Waals surface area contributed by atoms with Gasteiger partial charge in [-0.1, -0.05) is 23.4 Å². The van der Waals surface area contributed by atoms with Gasteiger partial charge in [0.2, 0.25) is 0 Å². The summed E-state index contributed by atoms with van der Waals surface area (Å²) in [6.07, 6.45) is 8.17. The Bertz CT molecular complexity index is 906. The summed E-state index contributed by atoms with van der Waals surface area (Å²) in [7, 11) is 0. The van der Waals surface area contributed by atoms with Crippen molar-refractivity contribution in [2.75, 3.05) is 0 Å². The van der Waals surface area contributed by atoms with E-state index in [0.29, 0.717) is 5.89 Å². The first-order chi connectivity index (χ1) is 11.6. The molecular weight excluding hydrogens is 304 g/mol. The van der Waals surface area contributed by atoms with Crippen LogP contribution in [0.25, 0.3) is 17.8 Å². The summed E-state index contributed by atoms with van der Waals surface area (Å²) >= 11 is 0. The van der Waals surface area contributed by atoms with Crippen molar-refractivity contribution in [1.29, 1.82) is 0 Å². The van der Waals surface area contributed by atoms with Crippen molar-refractivity contribution in [2.45, 2.75) is 30.2 Å². The van der Waals surface area contributed by atoms with Crippen LogP contribution >= 0.6 is 0 Å². The topological polar surface area (TPSA) is 95.7 Å². The lowest BCUT2D eigenvalue weighted by Crippen LogP contribution is -2.74. The van der Waals surface area contributed by atoms with Crippen LogP contribution in [0.4, 0.5) is 0 Å². The van der Waals surface area contributed by atoms with Gasteiger partial charge >= 0.3 is 0 Å². The van der Waals surface area contributed by atoms with E-state index < -0.39 is 0 Å². The van der Waals surface area contributed by atoms with Crippen LogP contribution in [-0.4, -0.2) is 30.7 Å². The summed E-state index contributed by atoms with van der Waals surface area (Å²) in [5.74, 6) is 1.26. The molecule has 24 heavy (non-hydrogen) atoms. The van der Waals surface area contributed by atoms with Crippen LogP contribution in [0.1, 0.15) is 36.7 Å². The molecule has 120 valence electrons. The molecule has 3 aliphatic rings. The molecule has 3 aliphatic carbocycles. The average Bonchev–Trinajstić information content (AvgIpc) is 3.19. The number of hydrogen-bond acceptors (Lipinski definition) is 6. The van der Waals surface area contributed by atoms with Crippen molar-refractivity contribution >= 4 is 12.2 Å². The summed E-state index contributed by atoms with van der Waals surface area (Å²) in [5, 5.41) is 12.8. The van der Waals surface area contributed by atoms with Gasteiger partial charge in [-0.2, -0.15) is 14.9 Å². The molecule has 2 N–H and O–H groups in total. The predicted molar refractivity (Wildman–Crippen MR) is 87.0 cm³/mol. The molecule has 0 saturated heterocycles. The fourth-order valence-corrected chi connectivity index (χ4v) is 3.82. The molecule has 1 aromatic carbocycles. The maximum absolute atomic E-state index is 6.08. The molecule has 7 heteroatoms. The van der Waals surface area contributed by atoms with Crippen molar-refractivity contribution in [3.8, 4) is 5.69 Å². The highest BCUT2D eigenvalue weighted by Crippen LogP contribution is 2.65. The van der Waals surface area contributed by atoms with Gasteiger partial charge < -0.3 is 10.3 Å². The smallest absolute Gasteiger partial charge is 0.250 e. The van der Waals surface area contributed by atoms with Gasteiger partial charge in [0, 0.05) is 17.0 Å². The minimum absolute atomic E-state index is 0.0343. The molecular formula is C17H16N6O. The molecule has 2 bridgehead atoms. The number of nitrogens with two attached hydrogens (primary N) is 1. The Hall–Kier alpha value is -2.80. The van der Waals surface area contributed by atoms with E-state index in [-0.39, 0.29) is 11.0 Å². The lowest BCUT2D eigenvalue weighted by atomic mass is 9.39. The van der Waals surface area contributed by atoms with Crippen LogP contribution in [0.15, 0.2) is 41.1 Å². The van der Waals surface area contributed by atoms with Crippen molar-refractivity contribution in [1.82, 2.24) is 25.1 Å². The minimum Gasteiger partial charge on any atom is -0.335 e. The molecule has 7 nitrogen and oxygen atoms in total. The van der Waals surface area contributed by atoms with Crippen LogP contribution in [0.5, 0.6) is 0 Å². The Morgan fingerprint density at radius 3 is 2.67 bits per heavy atom. The molecule has 0 amide bonds. The second-order valence-corrected chi connectivity index (χ2v) is 6.86. The monoisotopic (exact) mass is 320 g/mol. The standard InChI is InChI=1S/C17H16N6O/c18-17-9-16(10-17,11-17)15-20-14(24-22-15)7-6-12-8-19-23(21-12)13-4-2-1-3-5-13/h1-8H,9-11,18H2/b7-6+. The molecule has 0 aliphatic heterocycles. The highest BCUT2D eigenvalue weighted by Gasteiger charge is 2.68. The predicted octanol–water partition coefficient (Wildman–Crippen LogP) is 1.95. The molecule has 0 radical (unpaired) electrons. The van der Waals surface area contributed by atoms with E-state index in [9.17, 15) is 0 Å². The quantitative estimate of drug-likeness (QED) is 0.789. The van der Waals surface area contributed by atoms with E-state index in [1.165, 1.54) is 0 Å². The largest absolute Gasteiger partial charge is 0.335 e. The van der Waals surface area contributed by atoms with Crippen molar-refractivity contribution < 1.29 is 4.52 Å². The molecule has 6 rings (SSSR count). The highest BCUT2D eigenvalue weighted by atomic mass is 16.5. The lowest BCUT2D eigenvalue weighted by Gasteiger charge is -2.67. The van der Waals surface area contributed by atoms with Gasteiger partial charge in [0.1, 0.15) is 5.69 Å². The Labute approximate surface area is 138 Å². The SMILES string of the molecule is NC12CC(c3noc(/C=C/c4cnn(-c5ccccc5)n4)n3)(C1)C2. The number of aromatic nitrogens is 5. The third-order valence-corrected chi connectivity index (χ3v) is 4.88. The summed E-state index contributed by atoms with van der Waals surface area (Å²) < 4.78 is 5.31. The van der Waals surface area contributed by atoms with E-state index in [1.807, 2.05) is 36.4 Å². The number of nitrogens with zero attached hydrogens (tertiary/aromatic N) is 5. The van der Waals surface area contributed by atoms with Crippen LogP contribution in [0.2, 0.25) is 0 Å². The van der Waals surface area contributed by atoms with Gasteiger partial charge in [-0.05, 0) is 37.5 Å². The third kappa shape index (κ3) is 2.01. The summed E-state index contributed by atoms with van der Waals surface area (Å²) in [5.41, 5.74) is 7.83.